The van der Waals surface area contributed by atoms with Gasteiger partial charge in [-0.1, -0.05) is 0 Å². The lowest BCUT2D eigenvalue weighted by Gasteiger charge is -1.93. The Morgan fingerprint density at radius 1 is 1.82 bits per heavy atom. The van der Waals surface area contributed by atoms with Crippen LogP contribution in [0.25, 0.3) is 0 Å². The maximum absolute atomic E-state index is 10.8. The Morgan fingerprint density at radius 2 is 2.45 bits per heavy atom. The molecule has 0 atom stereocenters. The van der Waals surface area contributed by atoms with Crippen LogP contribution in [0.1, 0.15) is 10.4 Å². The molecule has 0 saturated heterocycles. The van der Waals surface area contributed by atoms with E-state index in [4.69, 9.17) is 18.0 Å². The van der Waals surface area contributed by atoms with Gasteiger partial charge in [0.1, 0.15) is 5.56 Å². The zero-order valence-corrected chi connectivity index (χ0v) is 5.96. The highest BCUT2D eigenvalue weighted by atomic mass is 16.5. The van der Waals surface area contributed by atoms with Gasteiger partial charge >= 0.3 is 5.97 Å². The fraction of sp³-hybridized carbons (Fsp3) is 0.167. The number of nitrogens with two attached hydrogens (primary N) is 1. The molecule has 0 aliphatic heterocycles. The van der Waals surface area contributed by atoms with Gasteiger partial charge in [-0.15, -0.1) is 0 Å². The lowest BCUT2D eigenvalue weighted by Crippen LogP contribution is -2.02. The number of anilines is 1. The molecule has 0 aliphatic rings. The molecule has 1 rings (SSSR count). The molecular weight excluding hydrogens is 145 g/mol. The summed E-state index contributed by atoms with van der Waals surface area (Å²) in [6, 6.07) is 1.32. The Kier molecular flexibility index (Phi) is 1.89. The molecule has 0 aliphatic carbocycles. The van der Waals surface area contributed by atoms with E-state index in [0.717, 1.165) is 0 Å². The van der Waals surface area contributed by atoms with Gasteiger partial charge < -0.3 is 14.9 Å². The monoisotopic (exact) mass is 151 g/mol. The zero-order valence-electron chi connectivity index (χ0n) is 5.96. The van der Waals surface area contributed by atoms with E-state index in [9.17, 15) is 4.79 Å². The molecule has 0 saturated carbocycles. The van der Waals surface area contributed by atoms with E-state index in [1.54, 1.807) is 0 Å². The summed E-state index contributed by atoms with van der Waals surface area (Å²) < 4.78 is 9.09. The van der Waals surface area contributed by atoms with Gasteiger partial charge in [0.05, 0.1) is 12.8 Å². The van der Waals surface area contributed by atoms with Gasteiger partial charge in [0.15, 0.2) is 7.85 Å². The third-order valence-electron chi connectivity index (χ3n) is 1.19. The molecule has 1 aromatic heterocycles. The number of nitrogen functional groups attached to an aromatic ring is 1. The lowest BCUT2D eigenvalue weighted by molar-refractivity contribution is 0.0601. The molecule has 1 aromatic rings. The molecule has 56 valence electrons. The number of furan rings is 1. The summed E-state index contributed by atoms with van der Waals surface area (Å²) in [6.45, 7) is 0. The molecule has 0 fully saturated rings. The van der Waals surface area contributed by atoms with Crippen LogP contribution in [-0.2, 0) is 4.74 Å². The summed E-state index contributed by atoms with van der Waals surface area (Å²) in [7, 11) is 6.47. The van der Waals surface area contributed by atoms with Crippen molar-refractivity contribution in [2.24, 2.45) is 0 Å². The molecule has 0 amide bonds. The highest BCUT2D eigenvalue weighted by molar-refractivity contribution is 6.30. The van der Waals surface area contributed by atoms with Crippen LogP contribution >= 0.6 is 0 Å². The van der Waals surface area contributed by atoms with Gasteiger partial charge in [0, 0.05) is 0 Å². The Balaban J connectivity index is 3.03. The molecular formula is C6H6BNO3. The second kappa shape index (κ2) is 2.69. The van der Waals surface area contributed by atoms with Gasteiger partial charge in [0.25, 0.3) is 0 Å². The van der Waals surface area contributed by atoms with Crippen molar-refractivity contribution >= 4 is 25.4 Å². The summed E-state index contributed by atoms with van der Waals surface area (Å²) in [6.07, 6.45) is 0. The first-order valence-electron chi connectivity index (χ1n) is 2.88. The van der Waals surface area contributed by atoms with Crippen molar-refractivity contribution in [3.63, 3.8) is 0 Å². The number of rotatable bonds is 1. The zero-order chi connectivity index (χ0) is 8.43. The summed E-state index contributed by atoms with van der Waals surface area (Å²) in [4.78, 5) is 10.8. The quantitative estimate of drug-likeness (QED) is 0.431. The average Bonchev–Trinajstić information content (AvgIpc) is 2.28. The van der Waals surface area contributed by atoms with Crippen molar-refractivity contribution in [2.45, 2.75) is 0 Å². The van der Waals surface area contributed by atoms with Crippen LogP contribution in [0.4, 0.5) is 5.88 Å². The minimum Gasteiger partial charge on any atom is -0.465 e. The van der Waals surface area contributed by atoms with Crippen LogP contribution < -0.4 is 11.4 Å². The Labute approximate surface area is 64.7 Å². The van der Waals surface area contributed by atoms with E-state index in [1.807, 2.05) is 0 Å². The van der Waals surface area contributed by atoms with Gasteiger partial charge in [-0.3, -0.25) is 0 Å². The number of hydrogen-bond donors (Lipinski definition) is 1. The van der Waals surface area contributed by atoms with Gasteiger partial charge in [-0.05, 0) is 6.07 Å². The fourth-order valence-electron chi connectivity index (χ4n) is 0.694. The average molecular weight is 151 g/mol. The van der Waals surface area contributed by atoms with Crippen LogP contribution in [-0.4, -0.2) is 20.9 Å². The second-order valence-corrected chi connectivity index (χ2v) is 1.92. The van der Waals surface area contributed by atoms with Crippen molar-refractivity contribution in [2.75, 3.05) is 12.8 Å². The van der Waals surface area contributed by atoms with Crippen LogP contribution in [0.5, 0.6) is 0 Å². The normalized spacial score (nSPS) is 9.55. The smallest absolute Gasteiger partial charge is 0.343 e. The van der Waals surface area contributed by atoms with E-state index in [2.05, 4.69) is 4.74 Å². The van der Waals surface area contributed by atoms with Crippen LogP contribution in [0.15, 0.2) is 10.5 Å². The fourth-order valence-corrected chi connectivity index (χ4v) is 0.694. The van der Waals surface area contributed by atoms with E-state index < -0.39 is 5.97 Å². The molecule has 4 nitrogen and oxygen atoms in total. The molecule has 0 aromatic carbocycles. The number of esters is 1. The van der Waals surface area contributed by atoms with Crippen molar-refractivity contribution in [3.8, 4) is 0 Å². The van der Waals surface area contributed by atoms with Gasteiger partial charge in [0.2, 0.25) is 5.88 Å². The van der Waals surface area contributed by atoms with Gasteiger partial charge in [-0.2, -0.15) is 0 Å². The lowest BCUT2D eigenvalue weighted by atomic mass is 10.1. The molecule has 2 N–H and O–H groups in total. The Hall–Kier alpha value is -1.39. The van der Waals surface area contributed by atoms with Crippen molar-refractivity contribution in [3.05, 3.63) is 11.6 Å². The SMILES string of the molecule is [B]c1cc(C(=O)OC)c(N)o1. The maximum atomic E-state index is 10.8. The van der Waals surface area contributed by atoms with Crippen LogP contribution in [0.2, 0.25) is 0 Å². The Morgan fingerprint density at radius 3 is 2.82 bits per heavy atom. The predicted octanol–water partition coefficient (Wildman–Crippen LogP) is -0.558. The van der Waals surface area contributed by atoms with Gasteiger partial charge in [-0.25, -0.2) is 4.79 Å². The van der Waals surface area contributed by atoms with E-state index in [1.165, 1.54) is 13.2 Å². The first-order valence-corrected chi connectivity index (χ1v) is 2.88. The van der Waals surface area contributed by atoms with Crippen molar-refractivity contribution in [1.29, 1.82) is 0 Å². The minimum absolute atomic E-state index is 0.0191. The number of carbonyl (C=O) groups excluding carboxylic acids is 1. The maximum Gasteiger partial charge on any atom is 0.343 e. The molecule has 0 bridgehead atoms. The molecule has 0 spiro atoms. The largest absolute Gasteiger partial charge is 0.465 e. The Bertz CT molecular complexity index is 281. The number of hydrogen-bond acceptors (Lipinski definition) is 4. The number of ether oxygens (including phenoxy) is 1. The molecule has 1 heterocycles. The first-order chi connectivity index (χ1) is 5.15. The summed E-state index contributed by atoms with van der Waals surface area (Å²) in [5.74, 6) is -0.572. The first kappa shape index (κ1) is 7.72. The van der Waals surface area contributed by atoms with E-state index >= 15 is 0 Å². The number of methoxy groups -OCH3 is 1. The second-order valence-electron chi connectivity index (χ2n) is 1.92. The van der Waals surface area contributed by atoms with Crippen molar-refractivity contribution < 1.29 is 13.9 Å². The number of carbonyl (C=O) groups is 1. The van der Waals surface area contributed by atoms with E-state index in [0.29, 0.717) is 0 Å². The predicted molar refractivity (Wildman–Crippen MR) is 39.8 cm³/mol. The minimum atomic E-state index is -0.553. The van der Waals surface area contributed by atoms with Crippen molar-refractivity contribution in [1.82, 2.24) is 0 Å². The third kappa shape index (κ3) is 1.37. The highest BCUT2D eigenvalue weighted by Gasteiger charge is 2.13. The topological polar surface area (TPSA) is 65.5 Å². The highest BCUT2D eigenvalue weighted by Crippen LogP contribution is 2.10. The standard InChI is InChI=1S/C6H6BNO3/c1-10-6(9)3-2-4(7)11-5(3)8/h2H,8H2,1H3. The van der Waals surface area contributed by atoms with E-state index in [-0.39, 0.29) is 17.1 Å². The van der Waals surface area contributed by atoms with Crippen LogP contribution in [0, 0.1) is 0 Å². The summed E-state index contributed by atoms with van der Waals surface area (Å²) in [5.41, 5.74) is 5.53. The molecule has 0 unspecified atom stereocenters. The van der Waals surface area contributed by atoms with Crippen LogP contribution in [0.3, 0.4) is 0 Å². The molecule has 2 radical (unpaired) electrons. The molecule has 5 heteroatoms. The third-order valence-corrected chi connectivity index (χ3v) is 1.19. The summed E-state index contributed by atoms with van der Waals surface area (Å²) >= 11 is 0. The summed E-state index contributed by atoms with van der Waals surface area (Å²) in [5, 5.41) is 0. The molecule has 11 heavy (non-hydrogen) atoms.